The van der Waals surface area contributed by atoms with Gasteiger partial charge >= 0.3 is 11.2 Å². The molecule has 0 spiro atoms. The summed E-state index contributed by atoms with van der Waals surface area (Å²) in [7, 11) is 5.61. The smallest absolute Gasteiger partial charge is 0.357 e. The summed E-state index contributed by atoms with van der Waals surface area (Å²) in [6.45, 7) is 4.89. The Bertz CT molecular complexity index is 2120. The molecule has 3 N–H and O–H groups in total. The third-order valence-electron chi connectivity index (χ3n) is 9.06. The highest BCUT2D eigenvalue weighted by molar-refractivity contribution is 5.97. The minimum Gasteiger partial charge on any atom is -0.497 e. The Morgan fingerprint density at radius 3 is 1.48 bits per heavy atom. The van der Waals surface area contributed by atoms with Gasteiger partial charge in [0.2, 0.25) is 0 Å². The van der Waals surface area contributed by atoms with Crippen molar-refractivity contribution in [1.82, 2.24) is 19.7 Å². The number of nitrogens with zero attached hydrogens (tertiary/aromatic N) is 6. The molecule has 17 nitrogen and oxygen atoms in total. The van der Waals surface area contributed by atoms with Gasteiger partial charge in [-0.25, -0.2) is 0 Å². The first-order valence-electron chi connectivity index (χ1n) is 18.1. The lowest BCUT2D eigenvalue weighted by Gasteiger charge is -2.36. The van der Waals surface area contributed by atoms with Gasteiger partial charge in [-0.1, -0.05) is 54.6 Å². The van der Waals surface area contributed by atoms with E-state index < -0.39 is 21.1 Å². The summed E-state index contributed by atoms with van der Waals surface area (Å²) in [5.74, 6) is 1.44. The van der Waals surface area contributed by atoms with E-state index in [4.69, 9.17) is 19.6 Å². The zero-order valence-corrected chi connectivity index (χ0v) is 32.9. The Kier molecular flexibility index (Phi) is 17.8. The van der Waals surface area contributed by atoms with Crippen molar-refractivity contribution in [2.24, 2.45) is 7.05 Å². The van der Waals surface area contributed by atoms with Gasteiger partial charge in [0.1, 0.15) is 17.2 Å². The number of aromatic nitrogens is 1. The Morgan fingerprint density at radius 1 is 0.655 bits per heavy atom. The number of nitrogens with one attached hydrogen (secondary N) is 1. The molecule has 0 atom stereocenters. The number of carbonyl (C=O) groups excluding carboxylic acids is 2. The van der Waals surface area contributed by atoms with Crippen molar-refractivity contribution in [3.8, 4) is 11.5 Å². The number of ether oxygens (including phenoxy) is 2. The van der Waals surface area contributed by atoms with Crippen molar-refractivity contribution in [3.63, 3.8) is 0 Å². The lowest BCUT2D eigenvalue weighted by atomic mass is 10.1. The molecule has 4 aromatic carbocycles. The summed E-state index contributed by atoms with van der Waals surface area (Å²) in [6, 6.07) is 33.3. The van der Waals surface area contributed by atoms with Crippen molar-refractivity contribution >= 4 is 34.1 Å². The molecular formula is C41H49N7O10. The number of methoxy groups -OCH3 is 2. The van der Waals surface area contributed by atoms with Crippen molar-refractivity contribution in [2.75, 3.05) is 78.5 Å². The van der Waals surface area contributed by atoms with Gasteiger partial charge in [0.15, 0.2) is 7.05 Å². The van der Waals surface area contributed by atoms with Crippen molar-refractivity contribution in [2.45, 2.75) is 0 Å². The Balaban J connectivity index is 0.000000275. The molecule has 2 saturated heterocycles. The number of aryl methyl sites for hydroxylation is 1. The number of carbonyl (C=O) groups is 2. The maximum atomic E-state index is 12.8. The molecule has 308 valence electrons. The summed E-state index contributed by atoms with van der Waals surface area (Å²) < 4.78 is 11.5. The van der Waals surface area contributed by atoms with Gasteiger partial charge in [-0.15, -0.1) is 0 Å². The molecule has 5 aromatic rings. The Morgan fingerprint density at radius 2 is 1.07 bits per heavy atom. The largest absolute Gasteiger partial charge is 0.497 e. The first-order chi connectivity index (χ1) is 27.5. The molecule has 2 aliphatic heterocycles. The lowest BCUT2D eigenvalue weighted by Crippen LogP contribution is -2.49. The molecule has 0 unspecified atom stereocenters. The van der Waals surface area contributed by atoms with Crippen LogP contribution in [-0.4, -0.2) is 115 Å². The number of anilines is 1. The van der Waals surface area contributed by atoms with Crippen LogP contribution in [0, 0.1) is 20.2 Å². The number of pyridine rings is 1. The van der Waals surface area contributed by atoms with Crippen LogP contribution in [-0.2, 0) is 7.05 Å². The SMILES string of the molecule is COc1ccc(C(=O)N2CCN(c3c([N+](=O)[O-])c(=O)n(C)c4ccccc34)CC2)cc1.COc1ccc(C(=O)N2CCNCC2)cc1.C[N+](=O)[O-].O.c1ccccc1. The molecule has 1 aromatic heterocycles. The standard InChI is InChI=1S/C22H22N4O5.C12H16N2O2.C6H6.CH3NO2.H2O/c1-23-18-6-4-3-5-17(18)19(20(22(23)28)26(29)30)24-11-13-25(14-12-24)21(27)15-7-9-16(31-2)10-8-15;1-16-11-4-2-10(3-5-11)12(15)14-8-6-13-7-9-14;1-2-4-6-5-3-1;1-2(3)4;/h3-10H,11-14H2,1-2H3;2-5,13H,6-9H2,1H3;1-6H;1H3;1H2. The molecular weight excluding hydrogens is 750 g/mol. The van der Waals surface area contributed by atoms with Gasteiger partial charge in [0, 0.05) is 80.8 Å². The molecule has 7 rings (SSSR count). The highest BCUT2D eigenvalue weighted by Gasteiger charge is 2.31. The Hall–Kier alpha value is -6.85. The van der Waals surface area contributed by atoms with Crippen LogP contribution < -0.4 is 25.2 Å². The van der Waals surface area contributed by atoms with Crippen LogP contribution in [0.15, 0.2) is 114 Å². The van der Waals surface area contributed by atoms with Crippen LogP contribution in [0.5, 0.6) is 11.5 Å². The molecule has 0 saturated carbocycles. The fourth-order valence-electron chi connectivity index (χ4n) is 6.17. The molecule has 17 heteroatoms. The second-order valence-corrected chi connectivity index (χ2v) is 12.7. The van der Waals surface area contributed by atoms with E-state index in [9.17, 15) is 24.5 Å². The summed E-state index contributed by atoms with van der Waals surface area (Å²) in [5.41, 5.74) is 1.15. The Labute approximate surface area is 335 Å². The number of nitro groups is 2. The number of hydrogen-bond donors (Lipinski definition) is 1. The zero-order valence-electron chi connectivity index (χ0n) is 32.9. The van der Waals surface area contributed by atoms with Gasteiger partial charge in [-0.2, -0.15) is 0 Å². The minimum absolute atomic E-state index is 0. The average Bonchev–Trinajstić information content (AvgIpc) is 3.25. The quantitative estimate of drug-likeness (QED) is 0.192. The highest BCUT2D eigenvalue weighted by Crippen LogP contribution is 2.34. The van der Waals surface area contributed by atoms with Crippen molar-refractivity contribution < 1.29 is 34.4 Å². The predicted octanol–water partition coefficient (Wildman–Crippen LogP) is 3.91. The van der Waals surface area contributed by atoms with Gasteiger partial charge in [0.25, 0.3) is 11.8 Å². The van der Waals surface area contributed by atoms with Crippen LogP contribution in [0.3, 0.4) is 0 Å². The number of amides is 2. The summed E-state index contributed by atoms with van der Waals surface area (Å²) in [4.78, 5) is 62.5. The van der Waals surface area contributed by atoms with Crippen LogP contribution in [0.1, 0.15) is 20.7 Å². The summed E-state index contributed by atoms with van der Waals surface area (Å²) in [5, 5.41) is 24.5. The number of rotatable bonds is 6. The molecule has 3 heterocycles. The van der Waals surface area contributed by atoms with Crippen LogP contribution in [0.2, 0.25) is 0 Å². The minimum atomic E-state index is -0.643. The van der Waals surface area contributed by atoms with E-state index in [1.807, 2.05) is 70.5 Å². The monoisotopic (exact) mass is 799 g/mol. The number of benzene rings is 4. The van der Waals surface area contributed by atoms with Crippen LogP contribution in [0.4, 0.5) is 11.4 Å². The van der Waals surface area contributed by atoms with Crippen LogP contribution in [0.25, 0.3) is 10.9 Å². The van der Waals surface area contributed by atoms with E-state index in [2.05, 4.69) is 5.32 Å². The molecule has 0 bridgehead atoms. The first-order valence-corrected chi connectivity index (χ1v) is 18.1. The summed E-state index contributed by atoms with van der Waals surface area (Å²) in [6.07, 6.45) is 0. The molecule has 0 aliphatic carbocycles. The van der Waals surface area contributed by atoms with Crippen molar-refractivity contribution in [3.05, 3.63) is 151 Å². The first kappa shape index (κ1) is 45.5. The van der Waals surface area contributed by atoms with Crippen LogP contribution >= 0.6 is 0 Å². The van der Waals surface area contributed by atoms with E-state index in [0.717, 1.165) is 44.5 Å². The summed E-state index contributed by atoms with van der Waals surface area (Å²) >= 11 is 0. The molecule has 2 fully saturated rings. The van der Waals surface area contributed by atoms with Gasteiger partial charge in [-0.05, 0) is 54.6 Å². The maximum Gasteiger partial charge on any atom is 0.357 e. The topological polar surface area (TPSA) is 214 Å². The number of hydrogen-bond acceptors (Lipinski definition) is 11. The van der Waals surface area contributed by atoms with E-state index in [0.29, 0.717) is 54.1 Å². The van der Waals surface area contributed by atoms with Gasteiger partial charge in [0.05, 0.1) is 24.7 Å². The van der Waals surface area contributed by atoms with Gasteiger partial charge in [-0.3, -0.25) is 34.6 Å². The molecule has 2 aliphatic rings. The normalized spacial score (nSPS) is 13.1. The van der Waals surface area contributed by atoms with E-state index >= 15 is 0 Å². The molecule has 2 amide bonds. The lowest BCUT2D eigenvalue weighted by molar-refractivity contribution is -0.445. The van der Waals surface area contributed by atoms with E-state index in [1.165, 1.54) is 11.6 Å². The number of para-hydroxylation sites is 1. The predicted molar refractivity (Wildman–Crippen MR) is 222 cm³/mol. The average molecular weight is 800 g/mol. The van der Waals surface area contributed by atoms with Crippen molar-refractivity contribution in [1.29, 1.82) is 0 Å². The van der Waals surface area contributed by atoms with Gasteiger partial charge < -0.3 is 39.5 Å². The fourth-order valence-corrected chi connectivity index (χ4v) is 6.17. The second kappa shape index (κ2) is 22.6. The second-order valence-electron chi connectivity index (χ2n) is 12.7. The number of piperazine rings is 2. The fraction of sp³-hybridized carbons (Fsp3) is 0.293. The third-order valence-corrected chi connectivity index (χ3v) is 9.06. The molecule has 0 radical (unpaired) electrons. The third kappa shape index (κ3) is 12.3. The maximum absolute atomic E-state index is 12.8. The zero-order chi connectivity index (χ0) is 41.3. The van der Waals surface area contributed by atoms with E-state index in [-0.39, 0.29) is 17.3 Å². The highest BCUT2D eigenvalue weighted by atomic mass is 16.6. The molecule has 58 heavy (non-hydrogen) atoms. The number of fused-ring (bicyclic) bond motifs is 1. The van der Waals surface area contributed by atoms with E-state index in [1.54, 1.807) is 67.7 Å².